The van der Waals surface area contributed by atoms with Gasteiger partial charge in [-0.15, -0.1) is 0 Å². The lowest BCUT2D eigenvalue weighted by molar-refractivity contribution is -0.144. The van der Waals surface area contributed by atoms with Crippen LogP contribution in [-0.2, 0) is 19.1 Å². The van der Waals surface area contributed by atoms with Crippen molar-refractivity contribution in [3.63, 3.8) is 0 Å². The molecule has 4 nitrogen and oxygen atoms in total. The minimum absolute atomic E-state index is 0.0966. The second kappa shape index (κ2) is 11.9. The molecule has 2 unspecified atom stereocenters. The summed E-state index contributed by atoms with van der Waals surface area (Å²) in [6, 6.07) is 0. The lowest BCUT2D eigenvalue weighted by atomic mass is 10.1. The van der Waals surface area contributed by atoms with Crippen LogP contribution >= 0.6 is 0 Å². The van der Waals surface area contributed by atoms with Crippen molar-refractivity contribution in [3.8, 4) is 0 Å². The molecular weight excluding hydrogens is 244 g/mol. The molecule has 0 aromatic heterocycles. The van der Waals surface area contributed by atoms with Crippen molar-refractivity contribution in [1.29, 1.82) is 0 Å². The van der Waals surface area contributed by atoms with E-state index in [2.05, 4.69) is 0 Å². The van der Waals surface area contributed by atoms with Gasteiger partial charge in [-0.3, -0.25) is 0 Å². The van der Waals surface area contributed by atoms with Gasteiger partial charge in [0.1, 0.15) is 12.4 Å². The minimum atomic E-state index is -0.318. The van der Waals surface area contributed by atoms with Gasteiger partial charge in [0.25, 0.3) is 0 Å². The molecule has 2 atom stereocenters. The average Bonchev–Trinajstić information content (AvgIpc) is 2.38. The van der Waals surface area contributed by atoms with Gasteiger partial charge >= 0.3 is 5.97 Å². The Morgan fingerprint density at radius 2 is 2.00 bits per heavy atom. The molecule has 4 heteroatoms. The summed E-state index contributed by atoms with van der Waals surface area (Å²) in [5.41, 5.74) is 0. The quantitative estimate of drug-likeness (QED) is 0.250. The van der Waals surface area contributed by atoms with E-state index in [-0.39, 0.29) is 18.2 Å². The number of ether oxygens (including phenoxy) is 2. The van der Waals surface area contributed by atoms with Crippen LogP contribution in [0.3, 0.4) is 0 Å². The monoisotopic (exact) mass is 270 g/mol. The van der Waals surface area contributed by atoms with Gasteiger partial charge in [-0.25, -0.2) is 4.79 Å². The fourth-order valence-electron chi connectivity index (χ4n) is 1.72. The van der Waals surface area contributed by atoms with Crippen LogP contribution in [0, 0.1) is 0 Å². The summed E-state index contributed by atoms with van der Waals surface area (Å²) < 4.78 is 10.8. The molecule has 0 aliphatic rings. The molecule has 19 heavy (non-hydrogen) atoms. The Kier molecular flexibility index (Phi) is 11.2. The van der Waals surface area contributed by atoms with E-state index in [4.69, 9.17) is 9.47 Å². The van der Waals surface area contributed by atoms with Crippen molar-refractivity contribution in [3.05, 3.63) is 12.2 Å². The highest BCUT2D eigenvalue weighted by Gasteiger charge is 2.14. The number of rotatable bonds is 11. The maximum atomic E-state index is 11.6. The fourth-order valence-corrected chi connectivity index (χ4v) is 1.72. The van der Waals surface area contributed by atoms with Gasteiger partial charge in [-0.2, -0.15) is 0 Å². The molecule has 0 spiro atoms. The zero-order valence-electron chi connectivity index (χ0n) is 12.3. The van der Waals surface area contributed by atoms with Crippen molar-refractivity contribution in [2.75, 3.05) is 6.61 Å². The van der Waals surface area contributed by atoms with Crippen LogP contribution in [0.15, 0.2) is 12.2 Å². The third-order valence-corrected chi connectivity index (χ3v) is 2.73. The third-order valence-electron chi connectivity index (χ3n) is 2.73. The summed E-state index contributed by atoms with van der Waals surface area (Å²) in [5, 5.41) is 0. The number of aldehydes is 1. The Morgan fingerprint density at radius 1 is 1.26 bits per heavy atom. The summed E-state index contributed by atoms with van der Waals surface area (Å²) in [5.74, 6) is -0.318. The largest absolute Gasteiger partial charge is 0.459 e. The molecule has 0 radical (unpaired) electrons. The molecular formula is C15H26O4. The molecule has 110 valence electrons. The summed E-state index contributed by atoms with van der Waals surface area (Å²) in [6.45, 7) is 6.59. The SMILES string of the molecule is CCOC(C)CC(CC)OC(=O)/C=C/CCCC=O. The average molecular weight is 270 g/mol. The zero-order chi connectivity index (χ0) is 14.5. The van der Waals surface area contributed by atoms with E-state index in [1.54, 1.807) is 6.08 Å². The predicted octanol–water partition coefficient (Wildman–Crippen LogP) is 3.05. The molecule has 0 fully saturated rings. The zero-order valence-corrected chi connectivity index (χ0v) is 12.3. The van der Waals surface area contributed by atoms with E-state index in [1.165, 1.54) is 6.08 Å². The van der Waals surface area contributed by atoms with Gasteiger partial charge in [0.15, 0.2) is 0 Å². The van der Waals surface area contributed by atoms with E-state index >= 15 is 0 Å². The Morgan fingerprint density at radius 3 is 2.58 bits per heavy atom. The van der Waals surface area contributed by atoms with E-state index in [9.17, 15) is 9.59 Å². The second-order valence-electron chi connectivity index (χ2n) is 4.47. The van der Waals surface area contributed by atoms with Crippen molar-refractivity contribution >= 4 is 12.3 Å². The fraction of sp³-hybridized carbons (Fsp3) is 0.733. The maximum absolute atomic E-state index is 11.6. The third kappa shape index (κ3) is 10.4. The number of carbonyl (C=O) groups excluding carboxylic acids is 2. The highest BCUT2D eigenvalue weighted by Crippen LogP contribution is 2.10. The van der Waals surface area contributed by atoms with Gasteiger partial charge in [0.2, 0.25) is 0 Å². The summed E-state index contributed by atoms with van der Waals surface area (Å²) in [6.07, 6.45) is 7.59. The maximum Gasteiger partial charge on any atom is 0.330 e. The van der Waals surface area contributed by atoms with E-state index in [0.717, 1.165) is 32.0 Å². The smallest absolute Gasteiger partial charge is 0.330 e. The molecule has 0 saturated carbocycles. The van der Waals surface area contributed by atoms with Gasteiger partial charge < -0.3 is 14.3 Å². The Hall–Kier alpha value is -1.16. The molecule has 0 aliphatic carbocycles. The lowest BCUT2D eigenvalue weighted by Gasteiger charge is -2.19. The van der Waals surface area contributed by atoms with E-state index in [0.29, 0.717) is 13.0 Å². The number of carbonyl (C=O) groups is 2. The summed E-state index contributed by atoms with van der Waals surface area (Å²) in [4.78, 5) is 21.7. The first-order chi connectivity index (χ1) is 9.13. The molecule has 0 rings (SSSR count). The molecule has 0 aromatic carbocycles. The van der Waals surface area contributed by atoms with Crippen molar-refractivity contribution in [1.82, 2.24) is 0 Å². The molecule has 0 heterocycles. The van der Waals surface area contributed by atoms with Gasteiger partial charge in [-0.05, 0) is 33.1 Å². The lowest BCUT2D eigenvalue weighted by Crippen LogP contribution is -2.22. The summed E-state index contributed by atoms with van der Waals surface area (Å²) in [7, 11) is 0. The molecule has 0 saturated heterocycles. The highest BCUT2D eigenvalue weighted by atomic mass is 16.5. The Labute approximate surface area is 116 Å². The molecule has 0 aromatic rings. The van der Waals surface area contributed by atoms with Crippen molar-refractivity contribution in [2.24, 2.45) is 0 Å². The Balaban J connectivity index is 3.95. The van der Waals surface area contributed by atoms with Crippen LogP contribution in [0.4, 0.5) is 0 Å². The van der Waals surface area contributed by atoms with Gasteiger partial charge in [-0.1, -0.05) is 13.0 Å². The van der Waals surface area contributed by atoms with E-state index in [1.807, 2.05) is 20.8 Å². The second-order valence-corrected chi connectivity index (χ2v) is 4.47. The topological polar surface area (TPSA) is 52.6 Å². The van der Waals surface area contributed by atoms with Crippen LogP contribution in [-0.4, -0.2) is 31.1 Å². The number of allylic oxidation sites excluding steroid dienone is 1. The van der Waals surface area contributed by atoms with Crippen LogP contribution < -0.4 is 0 Å². The molecule has 0 bridgehead atoms. The van der Waals surface area contributed by atoms with Gasteiger partial charge in [0, 0.05) is 25.5 Å². The Bertz CT molecular complexity index is 273. The number of unbranched alkanes of at least 4 members (excludes halogenated alkanes) is 2. The standard InChI is InChI=1S/C15H26O4/c1-4-14(12-13(3)18-5-2)19-15(17)10-8-6-7-9-11-16/h8,10-11,13-14H,4-7,9,12H2,1-3H3/b10-8+. The first-order valence-corrected chi connectivity index (χ1v) is 7.06. The normalized spacial score (nSPS) is 14.3. The first kappa shape index (κ1) is 17.8. The number of hydrogen-bond donors (Lipinski definition) is 0. The van der Waals surface area contributed by atoms with Crippen LogP contribution in [0.2, 0.25) is 0 Å². The van der Waals surface area contributed by atoms with Crippen LogP contribution in [0.25, 0.3) is 0 Å². The molecule has 0 aliphatic heterocycles. The highest BCUT2D eigenvalue weighted by molar-refractivity contribution is 5.82. The van der Waals surface area contributed by atoms with E-state index < -0.39 is 0 Å². The van der Waals surface area contributed by atoms with Crippen molar-refractivity contribution in [2.45, 2.75) is 65.1 Å². The van der Waals surface area contributed by atoms with Crippen molar-refractivity contribution < 1.29 is 19.1 Å². The number of hydrogen-bond acceptors (Lipinski definition) is 4. The van der Waals surface area contributed by atoms with Gasteiger partial charge in [0.05, 0.1) is 6.10 Å². The van der Waals surface area contributed by atoms with Crippen LogP contribution in [0.1, 0.15) is 52.9 Å². The summed E-state index contributed by atoms with van der Waals surface area (Å²) >= 11 is 0. The minimum Gasteiger partial charge on any atom is -0.459 e. The number of esters is 1. The first-order valence-electron chi connectivity index (χ1n) is 7.06. The predicted molar refractivity (Wildman–Crippen MR) is 74.9 cm³/mol. The molecule has 0 amide bonds. The molecule has 0 N–H and O–H groups in total. The van der Waals surface area contributed by atoms with Crippen LogP contribution in [0.5, 0.6) is 0 Å².